The molecule has 1 nitrogen and oxygen atoms in total. The lowest BCUT2D eigenvalue weighted by molar-refractivity contribution is 0.607. The quantitative estimate of drug-likeness (QED) is 0.580. The summed E-state index contributed by atoms with van der Waals surface area (Å²) in [6, 6.07) is 0. The molecule has 0 amide bonds. The summed E-state index contributed by atoms with van der Waals surface area (Å²) in [5.41, 5.74) is 8.83. The van der Waals surface area contributed by atoms with Gasteiger partial charge in [-0.15, -0.1) is 0 Å². The van der Waals surface area contributed by atoms with Crippen LogP contribution in [0.5, 0.6) is 0 Å². The van der Waals surface area contributed by atoms with Crippen LogP contribution < -0.4 is 5.73 Å². The highest BCUT2D eigenvalue weighted by Gasteiger charge is 2.24. The second-order valence-electron chi connectivity index (χ2n) is 3.13. The van der Waals surface area contributed by atoms with Crippen molar-refractivity contribution < 1.29 is 0 Å². The van der Waals surface area contributed by atoms with Crippen molar-refractivity contribution in [1.29, 1.82) is 0 Å². The summed E-state index contributed by atoms with van der Waals surface area (Å²) < 4.78 is 0. The fourth-order valence-corrected chi connectivity index (χ4v) is 2.00. The molecule has 0 saturated carbocycles. The van der Waals surface area contributed by atoms with E-state index in [0.717, 1.165) is 6.54 Å². The van der Waals surface area contributed by atoms with Gasteiger partial charge < -0.3 is 5.73 Å². The molecule has 2 N–H and O–H groups in total. The molecule has 2 rings (SSSR count). The van der Waals surface area contributed by atoms with Crippen molar-refractivity contribution in [2.24, 2.45) is 11.7 Å². The van der Waals surface area contributed by atoms with Gasteiger partial charge in [-0.3, -0.25) is 0 Å². The molecule has 0 radical (unpaired) electrons. The molecular weight excluding hydrogens is 122 g/mol. The number of allylic oxidation sites excluding steroid dienone is 3. The van der Waals surface area contributed by atoms with Crippen molar-refractivity contribution in [1.82, 2.24) is 0 Å². The number of hydrogen-bond donors (Lipinski definition) is 1. The molecule has 0 aromatic rings. The van der Waals surface area contributed by atoms with Gasteiger partial charge in [-0.05, 0) is 37.3 Å². The van der Waals surface area contributed by atoms with Gasteiger partial charge in [-0.25, -0.2) is 0 Å². The standard InChI is InChI=1S/C9H13N/c10-6-8-5-4-7-2-1-3-9(7)8/h1-2,8H,3-6,10H2. The SMILES string of the molecule is NCC1CCC2=C1CC=C2. The van der Waals surface area contributed by atoms with E-state index in [-0.39, 0.29) is 0 Å². The lowest BCUT2D eigenvalue weighted by Gasteiger charge is -2.08. The van der Waals surface area contributed by atoms with Crippen molar-refractivity contribution in [2.75, 3.05) is 6.54 Å². The molecule has 0 bridgehead atoms. The van der Waals surface area contributed by atoms with E-state index in [0.29, 0.717) is 5.92 Å². The molecule has 1 heteroatoms. The van der Waals surface area contributed by atoms with Crippen LogP contribution in [0.3, 0.4) is 0 Å². The van der Waals surface area contributed by atoms with Gasteiger partial charge >= 0.3 is 0 Å². The van der Waals surface area contributed by atoms with Crippen LogP contribution >= 0.6 is 0 Å². The van der Waals surface area contributed by atoms with Crippen LogP contribution in [0.1, 0.15) is 19.3 Å². The maximum atomic E-state index is 5.63. The van der Waals surface area contributed by atoms with Gasteiger partial charge in [0.15, 0.2) is 0 Å². The van der Waals surface area contributed by atoms with Gasteiger partial charge in [0.2, 0.25) is 0 Å². The summed E-state index contributed by atoms with van der Waals surface area (Å²) >= 11 is 0. The van der Waals surface area contributed by atoms with Crippen LogP contribution in [0.15, 0.2) is 23.3 Å². The summed E-state index contributed by atoms with van der Waals surface area (Å²) in [6.45, 7) is 0.848. The van der Waals surface area contributed by atoms with Gasteiger partial charge in [0.1, 0.15) is 0 Å². The second kappa shape index (κ2) is 2.24. The van der Waals surface area contributed by atoms with E-state index in [9.17, 15) is 0 Å². The first-order valence-electron chi connectivity index (χ1n) is 4.00. The Hall–Kier alpha value is -0.560. The largest absolute Gasteiger partial charge is 0.330 e. The Bertz CT molecular complexity index is 201. The molecule has 2 aliphatic rings. The highest BCUT2D eigenvalue weighted by molar-refractivity contribution is 5.38. The number of rotatable bonds is 1. The summed E-state index contributed by atoms with van der Waals surface area (Å²) in [5.74, 6) is 0.713. The van der Waals surface area contributed by atoms with Crippen molar-refractivity contribution in [2.45, 2.75) is 19.3 Å². The maximum Gasteiger partial charge on any atom is -0.00110 e. The molecule has 1 unspecified atom stereocenters. The van der Waals surface area contributed by atoms with Crippen LogP contribution in [0.25, 0.3) is 0 Å². The predicted molar refractivity (Wildman–Crippen MR) is 42.6 cm³/mol. The summed E-state index contributed by atoms with van der Waals surface area (Å²) in [6.07, 6.45) is 8.27. The van der Waals surface area contributed by atoms with Crippen molar-refractivity contribution in [3.05, 3.63) is 23.3 Å². The van der Waals surface area contributed by atoms with Crippen LogP contribution in [0, 0.1) is 5.92 Å². The van der Waals surface area contributed by atoms with E-state index in [1.54, 1.807) is 11.1 Å². The van der Waals surface area contributed by atoms with E-state index in [1.807, 2.05) is 0 Å². The smallest absolute Gasteiger partial charge is 0.00110 e. The van der Waals surface area contributed by atoms with Gasteiger partial charge in [-0.1, -0.05) is 17.7 Å². The molecule has 54 valence electrons. The average Bonchev–Trinajstić information content (AvgIpc) is 2.44. The summed E-state index contributed by atoms with van der Waals surface area (Å²) in [4.78, 5) is 0. The first-order chi connectivity index (χ1) is 4.92. The highest BCUT2D eigenvalue weighted by Crippen LogP contribution is 2.37. The molecule has 0 aliphatic heterocycles. The Kier molecular flexibility index (Phi) is 1.38. The monoisotopic (exact) mass is 135 g/mol. The molecular formula is C9H13N. The fourth-order valence-electron chi connectivity index (χ4n) is 2.00. The Labute approximate surface area is 61.6 Å². The van der Waals surface area contributed by atoms with Crippen molar-refractivity contribution in [3.8, 4) is 0 Å². The predicted octanol–water partition coefficient (Wildman–Crippen LogP) is 1.61. The van der Waals surface area contributed by atoms with E-state index >= 15 is 0 Å². The first kappa shape index (κ1) is 6.17. The third-order valence-electron chi connectivity index (χ3n) is 2.61. The Morgan fingerprint density at radius 3 is 3.30 bits per heavy atom. The van der Waals surface area contributed by atoms with Gasteiger partial charge in [0.05, 0.1) is 0 Å². The van der Waals surface area contributed by atoms with E-state index in [2.05, 4.69) is 12.2 Å². The zero-order valence-electron chi connectivity index (χ0n) is 6.14. The number of nitrogens with two attached hydrogens (primary N) is 1. The first-order valence-corrected chi connectivity index (χ1v) is 4.00. The minimum absolute atomic E-state index is 0.713. The van der Waals surface area contributed by atoms with Crippen LogP contribution in [0.2, 0.25) is 0 Å². The molecule has 0 saturated heterocycles. The molecule has 0 spiro atoms. The molecule has 0 fully saturated rings. The topological polar surface area (TPSA) is 26.0 Å². The molecule has 0 aromatic carbocycles. The van der Waals surface area contributed by atoms with Gasteiger partial charge in [0.25, 0.3) is 0 Å². The molecule has 0 heterocycles. The lowest BCUT2D eigenvalue weighted by Crippen LogP contribution is -2.12. The van der Waals surface area contributed by atoms with Crippen LogP contribution in [-0.4, -0.2) is 6.54 Å². The average molecular weight is 135 g/mol. The number of hydrogen-bond acceptors (Lipinski definition) is 1. The summed E-state index contributed by atoms with van der Waals surface area (Å²) in [5, 5.41) is 0. The van der Waals surface area contributed by atoms with Gasteiger partial charge in [-0.2, -0.15) is 0 Å². The molecule has 0 aromatic heterocycles. The zero-order valence-corrected chi connectivity index (χ0v) is 6.14. The van der Waals surface area contributed by atoms with E-state index < -0.39 is 0 Å². The zero-order chi connectivity index (χ0) is 6.97. The van der Waals surface area contributed by atoms with Crippen LogP contribution in [0.4, 0.5) is 0 Å². The Balaban J connectivity index is 2.20. The van der Waals surface area contributed by atoms with E-state index in [1.165, 1.54) is 19.3 Å². The normalized spacial score (nSPS) is 29.9. The minimum atomic E-state index is 0.713. The molecule has 2 aliphatic carbocycles. The fraction of sp³-hybridized carbons (Fsp3) is 0.556. The third-order valence-corrected chi connectivity index (χ3v) is 2.61. The molecule has 1 atom stereocenters. The lowest BCUT2D eigenvalue weighted by atomic mass is 10.0. The van der Waals surface area contributed by atoms with Crippen LogP contribution in [-0.2, 0) is 0 Å². The van der Waals surface area contributed by atoms with Crippen molar-refractivity contribution in [3.63, 3.8) is 0 Å². The van der Waals surface area contributed by atoms with E-state index in [4.69, 9.17) is 5.73 Å². The Morgan fingerprint density at radius 1 is 1.60 bits per heavy atom. The Morgan fingerprint density at radius 2 is 2.50 bits per heavy atom. The second-order valence-corrected chi connectivity index (χ2v) is 3.13. The minimum Gasteiger partial charge on any atom is -0.330 e. The third kappa shape index (κ3) is 0.739. The summed E-state index contributed by atoms with van der Waals surface area (Å²) in [7, 11) is 0. The highest BCUT2D eigenvalue weighted by atomic mass is 14.6. The van der Waals surface area contributed by atoms with Crippen molar-refractivity contribution >= 4 is 0 Å². The van der Waals surface area contributed by atoms with Gasteiger partial charge in [0, 0.05) is 0 Å². The molecule has 10 heavy (non-hydrogen) atoms. The maximum absolute atomic E-state index is 5.63.